The van der Waals surface area contributed by atoms with Gasteiger partial charge >= 0.3 is 0 Å². The van der Waals surface area contributed by atoms with Crippen molar-refractivity contribution < 1.29 is 18.7 Å². The first-order chi connectivity index (χ1) is 13.7. The molecule has 0 aliphatic carbocycles. The van der Waals surface area contributed by atoms with E-state index < -0.39 is 5.91 Å². The van der Waals surface area contributed by atoms with Crippen molar-refractivity contribution in [3.05, 3.63) is 54.0 Å². The van der Waals surface area contributed by atoms with Crippen molar-refractivity contribution in [2.24, 2.45) is 10.7 Å². The van der Waals surface area contributed by atoms with Gasteiger partial charge < -0.3 is 30.3 Å². The van der Waals surface area contributed by atoms with Crippen LogP contribution in [0.3, 0.4) is 0 Å². The molecule has 0 radical (unpaired) electrons. The molecule has 0 fully saturated rings. The van der Waals surface area contributed by atoms with Gasteiger partial charge in [0, 0.05) is 19.7 Å². The summed E-state index contributed by atoms with van der Waals surface area (Å²) in [7, 11) is 0. The standard InChI is InChI=1S/C20H28N4O4/c1-2-22-20(23-9-5-10-26-14-18-8-4-11-27-18)24-13-16-6-3-7-17(12-16)28-15-19(21)25/h3-4,6-8,11-12H,2,5,9-10,13-15H2,1H3,(H2,21,25)(H2,22,23,24). The number of nitrogens with zero attached hydrogens (tertiary/aromatic N) is 1. The van der Waals surface area contributed by atoms with Crippen LogP contribution < -0.4 is 21.1 Å². The summed E-state index contributed by atoms with van der Waals surface area (Å²) in [6.07, 6.45) is 2.49. The molecular weight excluding hydrogens is 360 g/mol. The fraction of sp³-hybridized carbons (Fsp3) is 0.400. The summed E-state index contributed by atoms with van der Waals surface area (Å²) in [6, 6.07) is 11.2. The Morgan fingerprint density at radius 1 is 1.25 bits per heavy atom. The van der Waals surface area contributed by atoms with Gasteiger partial charge in [-0.05, 0) is 43.2 Å². The molecule has 1 amide bonds. The van der Waals surface area contributed by atoms with Gasteiger partial charge in [0.15, 0.2) is 12.6 Å². The van der Waals surface area contributed by atoms with E-state index >= 15 is 0 Å². The molecule has 0 unspecified atom stereocenters. The molecule has 0 saturated heterocycles. The van der Waals surface area contributed by atoms with E-state index in [0.717, 1.165) is 36.8 Å². The summed E-state index contributed by atoms with van der Waals surface area (Å²) >= 11 is 0. The summed E-state index contributed by atoms with van der Waals surface area (Å²) in [6.45, 7) is 4.98. The van der Waals surface area contributed by atoms with E-state index in [1.807, 2.05) is 37.3 Å². The molecule has 0 spiro atoms. The second-order valence-corrected chi connectivity index (χ2v) is 6.01. The van der Waals surface area contributed by atoms with E-state index in [2.05, 4.69) is 15.6 Å². The monoisotopic (exact) mass is 388 g/mol. The highest BCUT2D eigenvalue weighted by atomic mass is 16.5. The summed E-state index contributed by atoms with van der Waals surface area (Å²) in [5, 5.41) is 6.49. The first kappa shape index (κ1) is 21.3. The molecule has 8 heteroatoms. The number of ether oxygens (including phenoxy) is 2. The fourth-order valence-corrected chi connectivity index (χ4v) is 2.35. The smallest absolute Gasteiger partial charge is 0.255 e. The number of furan rings is 1. The summed E-state index contributed by atoms with van der Waals surface area (Å²) in [5.74, 6) is 1.65. The third-order valence-corrected chi connectivity index (χ3v) is 3.63. The molecule has 152 valence electrons. The summed E-state index contributed by atoms with van der Waals surface area (Å²) < 4.78 is 16.1. The Morgan fingerprint density at radius 2 is 2.14 bits per heavy atom. The predicted molar refractivity (Wildman–Crippen MR) is 107 cm³/mol. The van der Waals surface area contributed by atoms with Gasteiger partial charge in [-0.25, -0.2) is 4.99 Å². The van der Waals surface area contributed by atoms with Gasteiger partial charge in [0.25, 0.3) is 5.91 Å². The maximum atomic E-state index is 10.8. The van der Waals surface area contributed by atoms with Gasteiger partial charge in [-0.1, -0.05) is 12.1 Å². The van der Waals surface area contributed by atoms with E-state index in [9.17, 15) is 4.79 Å². The zero-order chi connectivity index (χ0) is 20.0. The lowest BCUT2D eigenvalue weighted by Crippen LogP contribution is -2.38. The first-order valence-corrected chi connectivity index (χ1v) is 9.29. The lowest BCUT2D eigenvalue weighted by atomic mass is 10.2. The second kappa shape index (κ2) is 12.4. The molecule has 0 aliphatic heterocycles. The summed E-state index contributed by atoms with van der Waals surface area (Å²) in [5.41, 5.74) is 6.07. The number of nitrogens with two attached hydrogens (primary N) is 1. The molecule has 1 aromatic carbocycles. The minimum absolute atomic E-state index is 0.140. The van der Waals surface area contributed by atoms with E-state index in [0.29, 0.717) is 25.5 Å². The number of guanidine groups is 1. The SMILES string of the molecule is CCNC(=NCc1cccc(OCC(N)=O)c1)NCCCOCc1ccco1. The van der Waals surface area contributed by atoms with Crippen LogP contribution in [0.15, 0.2) is 52.1 Å². The van der Waals surface area contributed by atoms with Crippen LogP contribution in [0, 0.1) is 0 Å². The van der Waals surface area contributed by atoms with Gasteiger partial charge in [-0.2, -0.15) is 0 Å². The van der Waals surface area contributed by atoms with Crippen molar-refractivity contribution in [1.82, 2.24) is 10.6 Å². The van der Waals surface area contributed by atoms with Crippen molar-refractivity contribution in [3.8, 4) is 5.75 Å². The van der Waals surface area contributed by atoms with Crippen LogP contribution in [0.2, 0.25) is 0 Å². The Hall–Kier alpha value is -3.00. The number of primary amides is 1. The zero-order valence-electron chi connectivity index (χ0n) is 16.1. The van der Waals surface area contributed by atoms with Gasteiger partial charge in [0.05, 0.1) is 12.8 Å². The number of hydrogen-bond donors (Lipinski definition) is 3. The Labute approximate surface area is 165 Å². The van der Waals surface area contributed by atoms with E-state index in [4.69, 9.17) is 19.6 Å². The average molecular weight is 388 g/mol. The number of hydrogen-bond acceptors (Lipinski definition) is 5. The minimum Gasteiger partial charge on any atom is -0.484 e. The van der Waals surface area contributed by atoms with Crippen molar-refractivity contribution >= 4 is 11.9 Å². The van der Waals surface area contributed by atoms with Crippen molar-refractivity contribution in [2.45, 2.75) is 26.5 Å². The Morgan fingerprint density at radius 3 is 2.89 bits per heavy atom. The lowest BCUT2D eigenvalue weighted by molar-refractivity contribution is -0.119. The number of carbonyl (C=O) groups excluding carboxylic acids is 1. The van der Waals surface area contributed by atoms with Crippen LogP contribution in [-0.4, -0.2) is 38.2 Å². The van der Waals surface area contributed by atoms with E-state index in [1.54, 1.807) is 12.3 Å². The third-order valence-electron chi connectivity index (χ3n) is 3.63. The van der Waals surface area contributed by atoms with Gasteiger partial charge in [-0.3, -0.25) is 4.79 Å². The normalized spacial score (nSPS) is 11.2. The average Bonchev–Trinajstić information content (AvgIpc) is 3.21. The zero-order valence-corrected chi connectivity index (χ0v) is 16.1. The molecule has 4 N–H and O–H groups in total. The van der Waals surface area contributed by atoms with Crippen LogP contribution in [0.5, 0.6) is 5.75 Å². The molecule has 0 aliphatic rings. The van der Waals surface area contributed by atoms with Crippen LogP contribution in [0.25, 0.3) is 0 Å². The minimum atomic E-state index is -0.504. The van der Waals surface area contributed by atoms with Crippen LogP contribution in [-0.2, 0) is 22.7 Å². The van der Waals surface area contributed by atoms with Gasteiger partial charge in [0.1, 0.15) is 18.1 Å². The molecule has 2 aromatic rings. The molecule has 0 atom stereocenters. The molecule has 28 heavy (non-hydrogen) atoms. The molecular formula is C20H28N4O4. The van der Waals surface area contributed by atoms with E-state index in [-0.39, 0.29) is 6.61 Å². The van der Waals surface area contributed by atoms with Crippen molar-refractivity contribution in [1.29, 1.82) is 0 Å². The second-order valence-electron chi connectivity index (χ2n) is 6.01. The quantitative estimate of drug-likeness (QED) is 0.290. The predicted octanol–water partition coefficient (Wildman–Crippen LogP) is 1.81. The lowest BCUT2D eigenvalue weighted by Gasteiger charge is -2.11. The van der Waals surface area contributed by atoms with Gasteiger partial charge in [0.2, 0.25) is 0 Å². The first-order valence-electron chi connectivity index (χ1n) is 9.29. The number of rotatable bonds is 12. The largest absolute Gasteiger partial charge is 0.484 e. The fourth-order valence-electron chi connectivity index (χ4n) is 2.35. The van der Waals surface area contributed by atoms with Gasteiger partial charge in [-0.15, -0.1) is 0 Å². The van der Waals surface area contributed by atoms with Crippen molar-refractivity contribution in [3.63, 3.8) is 0 Å². The van der Waals surface area contributed by atoms with E-state index in [1.165, 1.54) is 0 Å². The third kappa shape index (κ3) is 8.59. The Kier molecular flexibility index (Phi) is 9.43. The van der Waals surface area contributed by atoms with Crippen LogP contribution >= 0.6 is 0 Å². The molecule has 0 bridgehead atoms. The van der Waals surface area contributed by atoms with Crippen molar-refractivity contribution in [2.75, 3.05) is 26.3 Å². The molecule has 1 aromatic heterocycles. The van der Waals surface area contributed by atoms with Crippen LogP contribution in [0.4, 0.5) is 0 Å². The number of aliphatic imine (C=N–C) groups is 1. The molecule has 0 saturated carbocycles. The molecule has 2 rings (SSSR count). The van der Waals surface area contributed by atoms with Crippen LogP contribution in [0.1, 0.15) is 24.7 Å². The Bertz CT molecular complexity index is 732. The highest BCUT2D eigenvalue weighted by Crippen LogP contribution is 2.14. The number of nitrogens with one attached hydrogen (secondary N) is 2. The number of amides is 1. The maximum Gasteiger partial charge on any atom is 0.255 e. The maximum absolute atomic E-state index is 10.8. The highest BCUT2D eigenvalue weighted by Gasteiger charge is 2.01. The Balaban J connectivity index is 1.73. The molecule has 8 nitrogen and oxygen atoms in total. The number of carbonyl (C=O) groups is 1. The topological polar surface area (TPSA) is 111 Å². The number of benzene rings is 1. The molecule has 1 heterocycles. The highest BCUT2D eigenvalue weighted by molar-refractivity contribution is 5.79. The summed E-state index contributed by atoms with van der Waals surface area (Å²) in [4.78, 5) is 15.4.